The zero-order valence-electron chi connectivity index (χ0n) is 12.1. The fourth-order valence-corrected chi connectivity index (χ4v) is 2.93. The molecule has 1 saturated heterocycles. The number of nitrogens with zero attached hydrogens (tertiary/aromatic N) is 3. The molecule has 1 saturated carbocycles. The molecule has 1 aromatic carbocycles. The molecule has 1 heterocycles. The molecule has 0 unspecified atom stereocenters. The highest BCUT2D eigenvalue weighted by Crippen LogP contribution is 2.30. The SMILES string of the molecule is O=[N+]([O-])c1ccc(N2CCN(CC3CC3)CC2)cc1CO. The molecule has 0 atom stereocenters. The maximum Gasteiger partial charge on any atom is 0.275 e. The monoisotopic (exact) mass is 291 g/mol. The summed E-state index contributed by atoms with van der Waals surface area (Å²) >= 11 is 0. The average Bonchev–Trinajstić information content (AvgIpc) is 3.31. The first kappa shape index (κ1) is 14.3. The smallest absolute Gasteiger partial charge is 0.275 e. The van der Waals surface area contributed by atoms with E-state index in [1.807, 2.05) is 0 Å². The normalized spacial score (nSPS) is 19.8. The molecule has 6 heteroatoms. The first-order valence-corrected chi connectivity index (χ1v) is 7.53. The third kappa shape index (κ3) is 3.33. The van der Waals surface area contributed by atoms with Crippen molar-refractivity contribution in [3.63, 3.8) is 0 Å². The van der Waals surface area contributed by atoms with E-state index in [-0.39, 0.29) is 12.3 Å². The van der Waals surface area contributed by atoms with Gasteiger partial charge in [0.25, 0.3) is 5.69 Å². The molecule has 2 aliphatic rings. The zero-order chi connectivity index (χ0) is 14.8. The lowest BCUT2D eigenvalue weighted by molar-refractivity contribution is -0.385. The van der Waals surface area contributed by atoms with Crippen LogP contribution in [0.3, 0.4) is 0 Å². The number of anilines is 1. The summed E-state index contributed by atoms with van der Waals surface area (Å²) in [6, 6.07) is 5.03. The summed E-state index contributed by atoms with van der Waals surface area (Å²) in [5, 5.41) is 20.2. The molecule has 6 nitrogen and oxygen atoms in total. The standard InChI is InChI=1S/C15H21N3O3/c19-11-13-9-14(3-4-15(13)18(20)21)17-7-5-16(6-8-17)10-12-1-2-12/h3-4,9,12,19H,1-2,5-8,10-11H2. The van der Waals surface area contributed by atoms with Crippen LogP contribution in [0.2, 0.25) is 0 Å². The molecule has 2 fully saturated rings. The summed E-state index contributed by atoms with van der Waals surface area (Å²) in [6.45, 7) is 4.89. The molecular weight excluding hydrogens is 270 g/mol. The first-order valence-electron chi connectivity index (χ1n) is 7.53. The second-order valence-electron chi connectivity index (χ2n) is 5.96. The van der Waals surface area contributed by atoms with Crippen LogP contribution in [0.15, 0.2) is 18.2 Å². The first-order chi connectivity index (χ1) is 10.2. The predicted octanol–water partition coefficient (Wildman–Crippen LogP) is 1.62. The van der Waals surface area contributed by atoms with Crippen LogP contribution in [-0.4, -0.2) is 47.7 Å². The molecule has 0 amide bonds. The lowest BCUT2D eigenvalue weighted by atomic mass is 10.1. The topological polar surface area (TPSA) is 69.9 Å². The van der Waals surface area contributed by atoms with Crippen molar-refractivity contribution < 1.29 is 10.0 Å². The van der Waals surface area contributed by atoms with Crippen LogP contribution in [0.1, 0.15) is 18.4 Å². The molecular formula is C15H21N3O3. The van der Waals surface area contributed by atoms with Crippen molar-refractivity contribution in [3.05, 3.63) is 33.9 Å². The lowest BCUT2D eigenvalue weighted by Crippen LogP contribution is -2.47. The van der Waals surface area contributed by atoms with Crippen LogP contribution in [0, 0.1) is 16.0 Å². The molecule has 21 heavy (non-hydrogen) atoms. The van der Waals surface area contributed by atoms with Gasteiger partial charge in [-0.25, -0.2) is 0 Å². The molecule has 1 N–H and O–H groups in total. The Morgan fingerprint density at radius 1 is 1.24 bits per heavy atom. The van der Waals surface area contributed by atoms with Crippen molar-refractivity contribution in [2.24, 2.45) is 5.92 Å². The van der Waals surface area contributed by atoms with E-state index in [0.717, 1.165) is 37.8 Å². The summed E-state index contributed by atoms with van der Waals surface area (Å²) in [5.41, 5.74) is 1.35. The van der Waals surface area contributed by atoms with Gasteiger partial charge in [0.15, 0.2) is 0 Å². The van der Waals surface area contributed by atoms with E-state index in [4.69, 9.17) is 0 Å². The number of rotatable bonds is 5. The fraction of sp³-hybridized carbons (Fsp3) is 0.600. The number of piperazine rings is 1. The molecule has 0 spiro atoms. The van der Waals surface area contributed by atoms with Gasteiger partial charge in [-0.3, -0.25) is 15.0 Å². The van der Waals surface area contributed by atoms with Gasteiger partial charge in [0.05, 0.1) is 17.1 Å². The molecule has 0 aromatic heterocycles. The van der Waals surface area contributed by atoms with Gasteiger partial charge in [-0.2, -0.15) is 0 Å². The van der Waals surface area contributed by atoms with Gasteiger partial charge >= 0.3 is 0 Å². The Morgan fingerprint density at radius 3 is 2.52 bits per heavy atom. The lowest BCUT2D eigenvalue weighted by Gasteiger charge is -2.36. The van der Waals surface area contributed by atoms with Gasteiger partial charge in [0.1, 0.15) is 0 Å². The predicted molar refractivity (Wildman–Crippen MR) is 80.4 cm³/mol. The Bertz CT molecular complexity index is 523. The van der Waals surface area contributed by atoms with E-state index in [1.54, 1.807) is 12.1 Å². The number of aliphatic hydroxyl groups is 1. The number of hydrogen-bond donors (Lipinski definition) is 1. The van der Waals surface area contributed by atoms with E-state index < -0.39 is 4.92 Å². The largest absolute Gasteiger partial charge is 0.391 e. The van der Waals surface area contributed by atoms with Crippen molar-refractivity contribution in [2.75, 3.05) is 37.6 Å². The van der Waals surface area contributed by atoms with E-state index in [9.17, 15) is 15.2 Å². The van der Waals surface area contributed by atoms with Crippen LogP contribution in [0.5, 0.6) is 0 Å². The van der Waals surface area contributed by atoms with Gasteiger partial charge in [-0.15, -0.1) is 0 Å². The fourth-order valence-electron chi connectivity index (χ4n) is 2.93. The van der Waals surface area contributed by atoms with E-state index in [1.165, 1.54) is 25.5 Å². The number of nitro groups is 1. The molecule has 1 aliphatic carbocycles. The molecule has 114 valence electrons. The van der Waals surface area contributed by atoms with Gasteiger partial charge < -0.3 is 10.0 Å². The summed E-state index contributed by atoms with van der Waals surface area (Å²) in [4.78, 5) is 15.2. The minimum Gasteiger partial charge on any atom is -0.391 e. The Kier molecular flexibility index (Phi) is 4.07. The van der Waals surface area contributed by atoms with Crippen molar-refractivity contribution >= 4 is 11.4 Å². The Morgan fingerprint density at radius 2 is 1.95 bits per heavy atom. The number of hydrogen-bond acceptors (Lipinski definition) is 5. The summed E-state index contributed by atoms with van der Waals surface area (Å²) in [6.07, 6.45) is 2.75. The highest BCUT2D eigenvalue weighted by Gasteiger charge is 2.26. The van der Waals surface area contributed by atoms with Crippen molar-refractivity contribution in [1.29, 1.82) is 0 Å². The second-order valence-corrected chi connectivity index (χ2v) is 5.96. The van der Waals surface area contributed by atoms with E-state index in [0.29, 0.717) is 5.56 Å². The summed E-state index contributed by atoms with van der Waals surface area (Å²) in [5.74, 6) is 0.914. The highest BCUT2D eigenvalue weighted by atomic mass is 16.6. The zero-order valence-corrected chi connectivity index (χ0v) is 12.1. The van der Waals surface area contributed by atoms with Crippen LogP contribution in [0.25, 0.3) is 0 Å². The maximum atomic E-state index is 10.9. The quantitative estimate of drug-likeness (QED) is 0.659. The summed E-state index contributed by atoms with van der Waals surface area (Å²) in [7, 11) is 0. The molecule has 3 rings (SSSR count). The Labute approximate surface area is 124 Å². The minimum atomic E-state index is -0.442. The Hall–Kier alpha value is -1.66. The maximum absolute atomic E-state index is 10.9. The third-order valence-electron chi connectivity index (χ3n) is 4.38. The van der Waals surface area contributed by atoms with Gasteiger partial charge in [-0.05, 0) is 30.9 Å². The third-order valence-corrected chi connectivity index (χ3v) is 4.38. The van der Waals surface area contributed by atoms with Crippen molar-refractivity contribution in [3.8, 4) is 0 Å². The number of aliphatic hydroxyl groups excluding tert-OH is 1. The molecule has 1 aromatic rings. The van der Waals surface area contributed by atoms with Gasteiger partial charge in [0, 0.05) is 44.5 Å². The van der Waals surface area contributed by atoms with Gasteiger partial charge in [0.2, 0.25) is 0 Å². The van der Waals surface area contributed by atoms with E-state index in [2.05, 4.69) is 9.80 Å². The highest BCUT2D eigenvalue weighted by molar-refractivity contribution is 5.55. The molecule has 0 radical (unpaired) electrons. The minimum absolute atomic E-state index is 0.00591. The van der Waals surface area contributed by atoms with Crippen molar-refractivity contribution in [2.45, 2.75) is 19.4 Å². The summed E-state index contributed by atoms with van der Waals surface area (Å²) < 4.78 is 0. The number of nitro benzene ring substituents is 1. The van der Waals surface area contributed by atoms with Crippen LogP contribution >= 0.6 is 0 Å². The van der Waals surface area contributed by atoms with Crippen molar-refractivity contribution in [1.82, 2.24) is 4.90 Å². The average molecular weight is 291 g/mol. The van der Waals surface area contributed by atoms with Crippen LogP contribution in [-0.2, 0) is 6.61 Å². The molecule has 1 aliphatic heterocycles. The Balaban J connectivity index is 1.65. The van der Waals surface area contributed by atoms with E-state index >= 15 is 0 Å². The second kappa shape index (κ2) is 5.99. The van der Waals surface area contributed by atoms with Crippen LogP contribution < -0.4 is 4.90 Å². The van der Waals surface area contributed by atoms with Gasteiger partial charge in [-0.1, -0.05) is 0 Å². The number of benzene rings is 1. The molecule has 0 bridgehead atoms. The van der Waals surface area contributed by atoms with Crippen LogP contribution in [0.4, 0.5) is 11.4 Å².